The fourth-order valence-electron chi connectivity index (χ4n) is 3.24. The van der Waals surface area contributed by atoms with E-state index in [0.717, 1.165) is 11.1 Å². The van der Waals surface area contributed by atoms with E-state index in [1.165, 1.54) is 12.1 Å². The lowest BCUT2D eigenvalue weighted by molar-refractivity contribution is -0.111. The number of amides is 1. The van der Waals surface area contributed by atoms with E-state index < -0.39 is 9.84 Å². The zero-order chi connectivity index (χ0) is 21.8. The number of hydrogen-bond acceptors (Lipinski definition) is 4. The van der Waals surface area contributed by atoms with Crippen molar-refractivity contribution >= 4 is 38.4 Å². The number of carbonyl (C=O) groups excluding carboxylic acids is 1. The highest BCUT2D eigenvalue weighted by Crippen LogP contribution is 2.31. The summed E-state index contributed by atoms with van der Waals surface area (Å²) in [4.78, 5) is 17.1. The summed E-state index contributed by atoms with van der Waals surface area (Å²) in [6, 6.07) is 22.6. The van der Waals surface area contributed by atoms with Gasteiger partial charge in [0.2, 0.25) is 15.7 Å². The molecule has 5 nitrogen and oxygen atoms in total. The van der Waals surface area contributed by atoms with E-state index in [1.54, 1.807) is 54.7 Å². The predicted molar refractivity (Wildman–Crippen MR) is 122 cm³/mol. The minimum absolute atomic E-state index is 0.150. The first-order valence-corrected chi connectivity index (χ1v) is 11.2. The van der Waals surface area contributed by atoms with Crippen LogP contribution in [0.1, 0.15) is 11.1 Å². The first kappa shape index (κ1) is 20.5. The SMILES string of the molecule is Cc1ccc(S(=O)(=O)c2ccc(NC(=O)C=Cc3ccccc3)c3ncccc23)cc1. The number of benzene rings is 3. The summed E-state index contributed by atoms with van der Waals surface area (Å²) in [5.41, 5.74) is 2.74. The van der Waals surface area contributed by atoms with Gasteiger partial charge in [-0.25, -0.2) is 8.42 Å². The lowest BCUT2D eigenvalue weighted by Crippen LogP contribution is -2.10. The zero-order valence-corrected chi connectivity index (χ0v) is 17.6. The van der Waals surface area contributed by atoms with Crippen LogP contribution in [-0.4, -0.2) is 19.3 Å². The molecule has 1 amide bonds. The summed E-state index contributed by atoms with van der Waals surface area (Å²) < 4.78 is 26.5. The Morgan fingerprint density at radius 3 is 2.39 bits per heavy atom. The summed E-state index contributed by atoms with van der Waals surface area (Å²) in [5.74, 6) is -0.329. The van der Waals surface area contributed by atoms with Crippen molar-refractivity contribution in [1.29, 1.82) is 0 Å². The van der Waals surface area contributed by atoms with Crippen molar-refractivity contribution in [2.45, 2.75) is 16.7 Å². The molecular formula is C25H20N2O3S. The van der Waals surface area contributed by atoms with Gasteiger partial charge in [-0.05, 0) is 55.0 Å². The molecule has 0 atom stereocenters. The van der Waals surface area contributed by atoms with Crippen molar-refractivity contribution in [2.24, 2.45) is 0 Å². The number of aryl methyl sites for hydroxylation is 1. The summed E-state index contributed by atoms with van der Waals surface area (Å²) >= 11 is 0. The summed E-state index contributed by atoms with van der Waals surface area (Å²) in [7, 11) is -3.74. The van der Waals surface area contributed by atoms with Crippen LogP contribution in [0.2, 0.25) is 0 Å². The lowest BCUT2D eigenvalue weighted by atomic mass is 10.2. The fraction of sp³-hybridized carbons (Fsp3) is 0.0400. The van der Waals surface area contributed by atoms with Crippen molar-refractivity contribution in [2.75, 3.05) is 5.32 Å². The average Bonchev–Trinajstić information content (AvgIpc) is 2.79. The molecule has 0 aliphatic heterocycles. The molecule has 1 N–H and O–H groups in total. The molecular weight excluding hydrogens is 408 g/mol. The van der Waals surface area contributed by atoms with Crippen molar-refractivity contribution in [3.8, 4) is 0 Å². The predicted octanol–water partition coefficient (Wildman–Crippen LogP) is 5.03. The first-order valence-electron chi connectivity index (χ1n) is 9.69. The Labute approximate surface area is 181 Å². The molecule has 0 spiro atoms. The van der Waals surface area contributed by atoms with Crippen LogP contribution >= 0.6 is 0 Å². The van der Waals surface area contributed by atoms with Crippen LogP contribution in [0.15, 0.2) is 101 Å². The van der Waals surface area contributed by atoms with Gasteiger partial charge >= 0.3 is 0 Å². The molecule has 1 heterocycles. The van der Waals surface area contributed by atoms with E-state index in [-0.39, 0.29) is 15.7 Å². The van der Waals surface area contributed by atoms with E-state index >= 15 is 0 Å². The number of nitrogens with one attached hydrogen (secondary N) is 1. The molecule has 0 aliphatic carbocycles. The number of rotatable bonds is 5. The second-order valence-electron chi connectivity index (χ2n) is 7.06. The van der Waals surface area contributed by atoms with Crippen molar-refractivity contribution in [3.05, 3.63) is 102 Å². The first-order chi connectivity index (χ1) is 14.9. The maximum atomic E-state index is 13.2. The van der Waals surface area contributed by atoms with Crippen LogP contribution in [0.25, 0.3) is 17.0 Å². The summed E-state index contributed by atoms with van der Waals surface area (Å²) in [6.45, 7) is 1.90. The van der Waals surface area contributed by atoms with Gasteiger partial charge in [-0.1, -0.05) is 48.0 Å². The Morgan fingerprint density at radius 1 is 0.903 bits per heavy atom. The second-order valence-corrected chi connectivity index (χ2v) is 8.98. The topological polar surface area (TPSA) is 76.1 Å². The number of nitrogens with zero attached hydrogens (tertiary/aromatic N) is 1. The van der Waals surface area contributed by atoms with Gasteiger partial charge in [0.05, 0.1) is 21.0 Å². The zero-order valence-electron chi connectivity index (χ0n) is 16.8. The average molecular weight is 429 g/mol. The molecule has 0 aliphatic rings. The molecule has 154 valence electrons. The number of hydrogen-bond donors (Lipinski definition) is 1. The van der Waals surface area contributed by atoms with Crippen LogP contribution in [0.5, 0.6) is 0 Å². The van der Waals surface area contributed by atoms with E-state index in [4.69, 9.17) is 0 Å². The quantitative estimate of drug-likeness (QED) is 0.453. The Morgan fingerprint density at radius 2 is 1.65 bits per heavy atom. The maximum Gasteiger partial charge on any atom is 0.248 e. The van der Waals surface area contributed by atoms with Crippen molar-refractivity contribution in [3.63, 3.8) is 0 Å². The highest BCUT2D eigenvalue weighted by Gasteiger charge is 2.22. The number of anilines is 1. The molecule has 0 radical (unpaired) electrons. The van der Waals surface area contributed by atoms with Gasteiger partial charge in [0.15, 0.2) is 0 Å². The molecule has 0 saturated heterocycles. The molecule has 4 aromatic rings. The molecule has 0 saturated carbocycles. The van der Waals surface area contributed by atoms with Crippen LogP contribution in [0.4, 0.5) is 5.69 Å². The largest absolute Gasteiger partial charge is 0.321 e. The number of sulfone groups is 1. The van der Waals surface area contributed by atoms with Gasteiger partial charge in [0, 0.05) is 17.7 Å². The van der Waals surface area contributed by atoms with E-state index in [1.807, 2.05) is 37.3 Å². The van der Waals surface area contributed by atoms with Crippen LogP contribution in [0.3, 0.4) is 0 Å². The normalized spacial score (nSPS) is 11.6. The molecule has 6 heteroatoms. The third kappa shape index (κ3) is 4.39. The lowest BCUT2D eigenvalue weighted by Gasteiger charge is -2.12. The van der Waals surface area contributed by atoms with E-state index in [2.05, 4.69) is 10.3 Å². The van der Waals surface area contributed by atoms with Crippen LogP contribution in [0, 0.1) is 6.92 Å². The van der Waals surface area contributed by atoms with Gasteiger partial charge in [0.25, 0.3) is 0 Å². The summed E-state index contributed by atoms with van der Waals surface area (Å²) in [6.07, 6.45) is 4.71. The molecule has 0 bridgehead atoms. The molecule has 4 rings (SSSR count). The summed E-state index contributed by atoms with van der Waals surface area (Å²) in [5, 5.41) is 3.25. The van der Waals surface area contributed by atoms with Gasteiger partial charge in [-0.3, -0.25) is 9.78 Å². The Bertz CT molecular complexity index is 1380. The highest BCUT2D eigenvalue weighted by atomic mass is 32.2. The molecule has 3 aromatic carbocycles. The third-order valence-corrected chi connectivity index (χ3v) is 6.66. The Kier molecular flexibility index (Phi) is 5.64. The minimum Gasteiger partial charge on any atom is -0.321 e. The number of fused-ring (bicyclic) bond motifs is 1. The number of carbonyl (C=O) groups is 1. The third-order valence-electron chi connectivity index (χ3n) is 4.84. The monoisotopic (exact) mass is 428 g/mol. The fourth-order valence-corrected chi connectivity index (χ4v) is 4.69. The van der Waals surface area contributed by atoms with Crippen LogP contribution < -0.4 is 5.32 Å². The van der Waals surface area contributed by atoms with Gasteiger partial charge in [0.1, 0.15) is 0 Å². The smallest absolute Gasteiger partial charge is 0.248 e. The maximum absolute atomic E-state index is 13.2. The standard InChI is InChI=1S/C25H20N2O3S/c1-18-9-12-20(13-10-18)31(29,30)23-15-14-22(25-21(23)8-5-17-26-25)27-24(28)16-11-19-6-3-2-4-7-19/h2-17H,1H3,(H,27,28). The molecule has 31 heavy (non-hydrogen) atoms. The van der Waals surface area contributed by atoms with Crippen LogP contribution in [-0.2, 0) is 14.6 Å². The Hall–Kier alpha value is -3.77. The Balaban J connectivity index is 1.69. The number of pyridine rings is 1. The van der Waals surface area contributed by atoms with Gasteiger partial charge in [-0.2, -0.15) is 0 Å². The number of aromatic nitrogens is 1. The van der Waals surface area contributed by atoms with E-state index in [0.29, 0.717) is 16.6 Å². The molecule has 1 aromatic heterocycles. The molecule has 0 unspecified atom stereocenters. The van der Waals surface area contributed by atoms with Gasteiger partial charge < -0.3 is 5.32 Å². The van der Waals surface area contributed by atoms with Gasteiger partial charge in [-0.15, -0.1) is 0 Å². The minimum atomic E-state index is -3.74. The molecule has 0 fully saturated rings. The second kappa shape index (κ2) is 8.53. The van der Waals surface area contributed by atoms with Crippen molar-refractivity contribution < 1.29 is 13.2 Å². The highest BCUT2D eigenvalue weighted by molar-refractivity contribution is 7.91. The van der Waals surface area contributed by atoms with E-state index in [9.17, 15) is 13.2 Å². The van der Waals surface area contributed by atoms with Crippen molar-refractivity contribution in [1.82, 2.24) is 4.98 Å².